The van der Waals surface area contributed by atoms with Gasteiger partial charge in [-0.05, 0) is 16.5 Å². The van der Waals surface area contributed by atoms with E-state index in [0.717, 1.165) is 12.4 Å². The third kappa shape index (κ3) is 2.79. The largest absolute Gasteiger partial charge is 0.329 e. The van der Waals surface area contributed by atoms with Crippen molar-refractivity contribution in [2.45, 2.75) is 39.3 Å². The van der Waals surface area contributed by atoms with Crippen molar-refractivity contribution < 1.29 is 0 Å². The average Bonchev–Trinajstić information content (AvgIpc) is 2.76. The molecule has 96 valence electrons. The predicted octanol–water partition coefficient (Wildman–Crippen LogP) is 2.69. The Morgan fingerprint density at radius 3 is 2.39 bits per heavy atom. The fourth-order valence-electron chi connectivity index (χ4n) is 1.98. The normalized spacial score (nSPS) is 11.8. The van der Waals surface area contributed by atoms with Crippen LogP contribution in [0.1, 0.15) is 37.7 Å². The molecular formula is C15H21N3. The minimum atomic E-state index is 0.204. The van der Waals surface area contributed by atoms with Crippen molar-refractivity contribution in [3.8, 4) is 0 Å². The number of aromatic nitrogens is 2. The minimum Gasteiger partial charge on any atom is -0.329 e. The van der Waals surface area contributed by atoms with Gasteiger partial charge in [0.2, 0.25) is 0 Å². The van der Waals surface area contributed by atoms with E-state index in [0.29, 0.717) is 6.54 Å². The van der Waals surface area contributed by atoms with Gasteiger partial charge in [0.1, 0.15) is 5.82 Å². The quantitative estimate of drug-likeness (QED) is 0.900. The lowest BCUT2D eigenvalue weighted by Crippen LogP contribution is -2.11. The summed E-state index contributed by atoms with van der Waals surface area (Å²) in [5, 5.41) is 0. The van der Waals surface area contributed by atoms with Crippen LogP contribution in [0.15, 0.2) is 36.7 Å². The zero-order valence-corrected chi connectivity index (χ0v) is 11.4. The molecule has 0 unspecified atom stereocenters. The highest BCUT2D eigenvalue weighted by Gasteiger charge is 2.12. The van der Waals surface area contributed by atoms with Gasteiger partial charge in [-0.2, -0.15) is 0 Å². The lowest BCUT2D eigenvalue weighted by molar-refractivity contribution is 0.589. The summed E-state index contributed by atoms with van der Waals surface area (Å²) < 4.78 is 2.09. The van der Waals surface area contributed by atoms with Gasteiger partial charge < -0.3 is 10.3 Å². The first-order chi connectivity index (χ1) is 8.50. The van der Waals surface area contributed by atoms with Crippen LogP contribution in [0.4, 0.5) is 0 Å². The van der Waals surface area contributed by atoms with Crippen molar-refractivity contribution in [1.82, 2.24) is 9.55 Å². The van der Waals surface area contributed by atoms with Gasteiger partial charge in [0.25, 0.3) is 0 Å². The van der Waals surface area contributed by atoms with Gasteiger partial charge in [-0.3, -0.25) is 0 Å². The van der Waals surface area contributed by atoms with Gasteiger partial charge in [0.05, 0.1) is 6.54 Å². The molecular weight excluding hydrogens is 222 g/mol. The average molecular weight is 243 g/mol. The first-order valence-corrected chi connectivity index (χ1v) is 6.30. The Balaban J connectivity index is 2.16. The van der Waals surface area contributed by atoms with Crippen LogP contribution in [-0.2, 0) is 18.5 Å². The molecule has 1 heterocycles. The fourth-order valence-corrected chi connectivity index (χ4v) is 1.98. The summed E-state index contributed by atoms with van der Waals surface area (Å²) in [6.07, 6.45) is 3.77. The lowest BCUT2D eigenvalue weighted by atomic mass is 9.87. The zero-order valence-electron chi connectivity index (χ0n) is 11.4. The maximum Gasteiger partial charge on any atom is 0.122 e. The number of hydrogen-bond donors (Lipinski definition) is 1. The van der Waals surface area contributed by atoms with Crippen molar-refractivity contribution >= 4 is 0 Å². The maximum atomic E-state index is 5.65. The van der Waals surface area contributed by atoms with E-state index in [1.807, 2.05) is 6.20 Å². The van der Waals surface area contributed by atoms with E-state index in [-0.39, 0.29) is 5.41 Å². The second-order valence-electron chi connectivity index (χ2n) is 5.62. The zero-order chi connectivity index (χ0) is 13.2. The number of benzene rings is 1. The Bertz CT molecular complexity index is 503. The monoisotopic (exact) mass is 243 g/mol. The van der Waals surface area contributed by atoms with E-state index in [1.165, 1.54) is 11.1 Å². The smallest absolute Gasteiger partial charge is 0.122 e. The summed E-state index contributed by atoms with van der Waals surface area (Å²) in [6.45, 7) is 7.99. The molecule has 0 aliphatic carbocycles. The van der Waals surface area contributed by atoms with Gasteiger partial charge in [-0.15, -0.1) is 0 Å². The van der Waals surface area contributed by atoms with Crippen molar-refractivity contribution in [1.29, 1.82) is 0 Å². The first-order valence-electron chi connectivity index (χ1n) is 6.30. The van der Waals surface area contributed by atoms with Crippen LogP contribution in [0.25, 0.3) is 0 Å². The number of imidazole rings is 1. The van der Waals surface area contributed by atoms with Crippen LogP contribution in [-0.4, -0.2) is 9.55 Å². The van der Waals surface area contributed by atoms with Gasteiger partial charge >= 0.3 is 0 Å². The van der Waals surface area contributed by atoms with E-state index in [1.54, 1.807) is 6.20 Å². The van der Waals surface area contributed by atoms with Gasteiger partial charge in [-0.1, -0.05) is 45.0 Å². The topological polar surface area (TPSA) is 43.8 Å². The number of nitrogens with two attached hydrogens (primary N) is 1. The van der Waals surface area contributed by atoms with Crippen molar-refractivity contribution in [3.05, 3.63) is 53.6 Å². The summed E-state index contributed by atoms with van der Waals surface area (Å²) in [7, 11) is 0. The molecule has 2 N–H and O–H groups in total. The van der Waals surface area contributed by atoms with E-state index < -0.39 is 0 Å². The van der Waals surface area contributed by atoms with Crippen LogP contribution in [0.2, 0.25) is 0 Å². The Labute approximate surface area is 109 Å². The van der Waals surface area contributed by atoms with E-state index in [2.05, 4.69) is 54.6 Å². The molecule has 0 radical (unpaired) electrons. The molecule has 0 saturated heterocycles. The molecule has 18 heavy (non-hydrogen) atoms. The second kappa shape index (κ2) is 4.94. The molecule has 2 rings (SSSR count). The van der Waals surface area contributed by atoms with Crippen molar-refractivity contribution in [3.63, 3.8) is 0 Å². The maximum absolute atomic E-state index is 5.65. The summed E-state index contributed by atoms with van der Waals surface area (Å²) in [4.78, 5) is 4.23. The van der Waals surface area contributed by atoms with Gasteiger partial charge in [0, 0.05) is 18.9 Å². The summed E-state index contributed by atoms with van der Waals surface area (Å²) in [6, 6.07) is 8.77. The summed E-state index contributed by atoms with van der Waals surface area (Å²) >= 11 is 0. The SMILES string of the molecule is CC(C)(C)c1ccc(Cn2ccnc2CN)cc1. The highest BCUT2D eigenvalue weighted by Crippen LogP contribution is 2.22. The Hall–Kier alpha value is -1.61. The first kappa shape index (κ1) is 12.8. The van der Waals surface area contributed by atoms with Crippen molar-refractivity contribution in [2.24, 2.45) is 5.73 Å². The Morgan fingerprint density at radius 1 is 1.17 bits per heavy atom. The minimum absolute atomic E-state index is 0.204. The van der Waals surface area contributed by atoms with Crippen LogP contribution < -0.4 is 5.73 Å². The third-order valence-electron chi connectivity index (χ3n) is 3.16. The molecule has 0 amide bonds. The number of rotatable bonds is 3. The summed E-state index contributed by atoms with van der Waals surface area (Å²) in [5.41, 5.74) is 8.48. The molecule has 2 aromatic rings. The van der Waals surface area contributed by atoms with Crippen LogP contribution >= 0.6 is 0 Å². The Morgan fingerprint density at radius 2 is 1.83 bits per heavy atom. The molecule has 0 bridgehead atoms. The molecule has 0 aliphatic rings. The van der Waals surface area contributed by atoms with Crippen LogP contribution in [0.3, 0.4) is 0 Å². The lowest BCUT2D eigenvalue weighted by Gasteiger charge is -2.19. The molecule has 0 atom stereocenters. The molecule has 0 saturated carbocycles. The van der Waals surface area contributed by atoms with Crippen LogP contribution in [0.5, 0.6) is 0 Å². The van der Waals surface area contributed by atoms with Crippen molar-refractivity contribution in [2.75, 3.05) is 0 Å². The van der Waals surface area contributed by atoms with E-state index in [4.69, 9.17) is 5.73 Å². The molecule has 1 aromatic heterocycles. The third-order valence-corrected chi connectivity index (χ3v) is 3.16. The molecule has 0 spiro atoms. The number of hydrogen-bond acceptors (Lipinski definition) is 2. The molecule has 3 nitrogen and oxygen atoms in total. The van der Waals surface area contributed by atoms with Gasteiger partial charge in [-0.25, -0.2) is 4.98 Å². The fraction of sp³-hybridized carbons (Fsp3) is 0.400. The Kier molecular flexibility index (Phi) is 3.53. The molecule has 0 fully saturated rings. The second-order valence-corrected chi connectivity index (χ2v) is 5.62. The predicted molar refractivity (Wildman–Crippen MR) is 74.4 cm³/mol. The van der Waals surface area contributed by atoms with Gasteiger partial charge in [0.15, 0.2) is 0 Å². The van der Waals surface area contributed by atoms with Crippen LogP contribution in [0, 0.1) is 0 Å². The highest BCUT2D eigenvalue weighted by molar-refractivity contribution is 5.27. The number of nitrogens with zero attached hydrogens (tertiary/aromatic N) is 2. The van der Waals surface area contributed by atoms with E-state index >= 15 is 0 Å². The molecule has 0 aliphatic heterocycles. The summed E-state index contributed by atoms with van der Waals surface area (Å²) in [5.74, 6) is 0.926. The standard InChI is InChI=1S/C15H21N3/c1-15(2,3)13-6-4-12(5-7-13)11-18-9-8-17-14(18)10-16/h4-9H,10-11,16H2,1-3H3. The molecule has 3 heteroatoms. The molecule has 1 aromatic carbocycles. The van der Waals surface area contributed by atoms with E-state index in [9.17, 15) is 0 Å². The highest BCUT2D eigenvalue weighted by atomic mass is 15.1.